The largest absolute Gasteiger partial charge is 0.308 e. The standard InChI is InChI=1S/C25H25N7/c1-3-4-10-22-27-23-17(2)13-14-26-25(23)32(22)16-18-11-12-20(19-8-6-5-7-9-19)21(15-18)24-28-30-31-29-24/h5-9,11-15H,3-4,10,16H2,1-2H3,(H,28,29,30,31). The number of H-pyrrole nitrogens is 1. The highest BCUT2D eigenvalue weighted by molar-refractivity contribution is 5.81. The van der Waals surface area contributed by atoms with Gasteiger partial charge in [-0.1, -0.05) is 55.8 Å². The maximum absolute atomic E-state index is 4.95. The van der Waals surface area contributed by atoms with Gasteiger partial charge in [0.05, 0.1) is 6.54 Å². The Kier molecular flexibility index (Phi) is 5.46. The lowest BCUT2D eigenvalue weighted by atomic mass is 9.97. The molecule has 0 fully saturated rings. The van der Waals surface area contributed by atoms with Gasteiger partial charge in [0.1, 0.15) is 11.3 Å². The Morgan fingerprint density at radius 2 is 1.88 bits per heavy atom. The molecular formula is C25H25N7. The van der Waals surface area contributed by atoms with E-state index in [0.29, 0.717) is 12.4 Å². The van der Waals surface area contributed by atoms with Crippen LogP contribution in [0.4, 0.5) is 0 Å². The summed E-state index contributed by atoms with van der Waals surface area (Å²) in [6, 6.07) is 18.8. The summed E-state index contributed by atoms with van der Waals surface area (Å²) in [5.41, 5.74) is 7.41. The minimum atomic E-state index is 0.654. The first kappa shape index (κ1) is 20.1. The van der Waals surface area contributed by atoms with Crippen molar-refractivity contribution in [2.45, 2.75) is 39.7 Å². The number of hydrogen-bond donors (Lipinski definition) is 1. The Labute approximate surface area is 186 Å². The van der Waals surface area contributed by atoms with E-state index in [1.54, 1.807) is 0 Å². The molecule has 0 spiro atoms. The lowest BCUT2D eigenvalue weighted by molar-refractivity contribution is 0.686. The number of pyridine rings is 1. The molecular weight excluding hydrogens is 398 g/mol. The summed E-state index contributed by atoms with van der Waals surface area (Å²) in [6.07, 6.45) is 5.03. The third-order valence-electron chi connectivity index (χ3n) is 5.78. The molecule has 5 rings (SSSR count). The van der Waals surface area contributed by atoms with Crippen molar-refractivity contribution in [3.63, 3.8) is 0 Å². The van der Waals surface area contributed by atoms with Crippen molar-refractivity contribution < 1.29 is 0 Å². The van der Waals surface area contributed by atoms with Crippen molar-refractivity contribution in [2.24, 2.45) is 0 Å². The molecule has 1 N–H and O–H groups in total. The van der Waals surface area contributed by atoms with Crippen molar-refractivity contribution >= 4 is 11.2 Å². The summed E-state index contributed by atoms with van der Waals surface area (Å²) in [4.78, 5) is 9.61. The fraction of sp³-hybridized carbons (Fsp3) is 0.240. The predicted octanol–water partition coefficient (Wildman–Crippen LogP) is 4.98. The van der Waals surface area contributed by atoms with Crippen molar-refractivity contribution in [3.8, 4) is 22.5 Å². The number of fused-ring (bicyclic) bond motifs is 1. The Morgan fingerprint density at radius 3 is 2.66 bits per heavy atom. The van der Waals surface area contributed by atoms with Gasteiger partial charge in [-0.2, -0.15) is 0 Å². The first-order chi connectivity index (χ1) is 15.7. The highest BCUT2D eigenvalue weighted by Crippen LogP contribution is 2.31. The first-order valence-electron chi connectivity index (χ1n) is 11.0. The fourth-order valence-corrected chi connectivity index (χ4v) is 4.09. The van der Waals surface area contributed by atoms with Gasteiger partial charge in [0, 0.05) is 18.2 Å². The summed E-state index contributed by atoms with van der Waals surface area (Å²) in [5.74, 6) is 1.74. The predicted molar refractivity (Wildman–Crippen MR) is 125 cm³/mol. The number of nitrogens with zero attached hydrogens (tertiary/aromatic N) is 6. The van der Waals surface area contributed by atoms with Crippen LogP contribution in [0, 0.1) is 6.92 Å². The molecule has 7 nitrogen and oxygen atoms in total. The molecule has 0 atom stereocenters. The second-order valence-electron chi connectivity index (χ2n) is 8.01. The van der Waals surface area contributed by atoms with Crippen LogP contribution in [0.3, 0.4) is 0 Å². The van der Waals surface area contributed by atoms with Crippen LogP contribution in [0.15, 0.2) is 60.8 Å². The van der Waals surface area contributed by atoms with E-state index in [4.69, 9.17) is 4.98 Å². The number of aromatic nitrogens is 7. The zero-order valence-corrected chi connectivity index (χ0v) is 18.3. The van der Waals surface area contributed by atoms with E-state index >= 15 is 0 Å². The molecule has 3 heterocycles. The Bertz CT molecular complexity index is 1340. The zero-order chi connectivity index (χ0) is 21.9. The summed E-state index contributed by atoms with van der Waals surface area (Å²) < 4.78 is 2.25. The highest BCUT2D eigenvalue weighted by Gasteiger charge is 2.16. The van der Waals surface area contributed by atoms with E-state index in [2.05, 4.69) is 74.4 Å². The number of aryl methyl sites for hydroxylation is 2. The minimum absolute atomic E-state index is 0.654. The van der Waals surface area contributed by atoms with E-state index < -0.39 is 0 Å². The van der Waals surface area contributed by atoms with Crippen molar-refractivity contribution in [3.05, 3.63) is 77.7 Å². The van der Waals surface area contributed by atoms with E-state index in [0.717, 1.165) is 64.1 Å². The Hall–Kier alpha value is -3.87. The van der Waals surface area contributed by atoms with Gasteiger partial charge in [0.15, 0.2) is 11.5 Å². The Morgan fingerprint density at radius 1 is 1.00 bits per heavy atom. The monoisotopic (exact) mass is 423 g/mol. The van der Waals surface area contributed by atoms with Gasteiger partial charge in [0.25, 0.3) is 0 Å². The van der Waals surface area contributed by atoms with Crippen LogP contribution in [0.5, 0.6) is 0 Å². The number of rotatable bonds is 7. The second-order valence-corrected chi connectivity index (χ2v) is 8.01. The molecule has 5 aromatic rings. The maximum atomic E-state index is 4.95. The molecule has 160 valence electrons. The molecule has 0 aliphatic rings. The summed E-state index contributed by atoms with van der Waals surface area (Å²) in [5, 5.41) is 14.7. The SMILES string of the molecule is CCCCc1nc2c(C)ccnc2n1Cc1ccc(-c2ccccc2)c(-c2nnn[nH]2)c1. The van der Waals surface area contributed by atoms with Gasteiger partial charge in [-0.25, -0.2) is 15.1 Å². The van der Waals surface area contributed by atoms with Crippen LogP contribution in [-0.4, -0.2) is 35.2 Å². The van der Waals surface area contributed by atoms with Gasteiger partial charge in [-0.3, -0.25) is 0 Å². The minimum Gasteiger partial charge on any atom is -0.308 e. The van der Waals surface area contributed by atoms with Gasteiger partial charge in [-0.05, 0) is 58.2 Å². The summed E-state index contributed by atoms with van der Waals surface area (Å²) in [6.45, 7) is 4.99. The summed E-state index contributed by atoms with van der Waals surface area (Å²) in [7, 11) is 0. The number of hydrogen-bond acceptors (Lipinski definition) is 5. The lowest BCUT2D eigenvalue weighted by Crippen LogP contribution is -2.06. The van der Waals surface area contributed by atoms with Crippen molar-refractivity contribution in [1.82, 2.24) is 35.2 Å². The van der Waals surface area contributed by atoms with Gasteiger partial charge in [-0.15, -0.1) is 5.10 Å². The topological polar surface area (TPSA) is 85.2 Å². The second kappa shape index (κ2) is 8.70. The highest BCUT2D eigenvalue weighted by atomic mass is 15.5. The number of imidazole rings is 1. The van der Waals surface area contributed by atoms with E-state index in [1.807, 2.05) is 30.5 Å². The number of benzene rings is 2. The lowest BCUT2D eigenvalue weighted by Gasteiger charge is -2.13. The normalized spacial score (nSPS) is 11.3. The fourth-order valence-electron chi connectivity index (χ4n) is 4.09. The molecule has 0 unspecified atom stereocenters. The number of nitrogens with one attached hydrogen (secondary N) is 1. The number of tetrazole rings is 1. The number of unbranched alkanes of at least 4 members (excludes halogenated alkanes) is 1. The van der Waals surface area contributed by atoms with Gasteiger partial charge < -0.3 is 4.57 Å². The van der Waals surface area contributed by atoms with E-state index in [-0.39, 0.29) is 0 Å². The molecule has 0 aliphatic heterocycles. The quantitative estimate of drug-likeness (QED) is 0.399. The van der Waals surface area contributed by atoms with Crippen LogP contribution in [0.1, 0.15) is 36.7 Å². The molecule has 7 heteroatoms. The summed E-state index contributed by atoms with van der Waals surface area (Å²) >= 11 is 0. The molecule has 32 heavy (non-hydrogen) atoms. The van der Waals surface area contributed by atoms with Crippen LogP contribution >= 0.6 is 0 Å². The van der Waals surface area contributed by atoms with Crippen molar-refractivity contribution in [1.29, 1.82) is 0 Å². The Balaban J connectivity index is 1.60. The smallest absolute Gasteiger partial charge is 0.180 e. The molecule has 0 amide bonds. The van der Waals surface area contributed by atoms with Crippen LogP contribution in [0.2, 0.25) is 0 Å². The molecule has 0 saturated carbocycles. The van der Waals surface area contributed by atoms with Crippen LogP contribution in [-0.2, 0) is 13.0 Å². The average Bonchev–Trinajstić information content (AvgIpc) is 3.48. The van der Waals surface area contributed by atoms with Gasteiger partial charge >= 0.3 is 0 Å². The van der Waals surface area contributed by atoms with Crippen LogP contribution < -0.4 is 0 Å². The first-order valence-corrected chi connectivity index (χ1v) is 11.0. The molecule has 3 aromatic heterocycles. The van der Waals surface area contributed by atoms with E-state index in [9.17, 15) is 0 Å². The van der Waals surface area contributed by atoms with Crippen LogP contribution in [0.25, 0.3) is 33.7 Å². The van der Waals surface area contributed by atoms with Crippen molar-refractivity contribution in [2.75, 3.05) is 0 Å². The number of aromatic amines is 1. The zero-order valence-electron chi connectivity index (χ0n) is 18.3. The molecule has 0 saturated heterocycles. The van der Waals surface area contributed by atoms with Gasteiger partial charge in [0.2, 0.25) is 0 Å². The maximum Gasteiger partial charge on any atom is 0.180 e. The average molecular weight is 424 g/mol. The molecule has 0 radical (unpaired) electrons. The molecule has 0 bridgehead atoms. The third-order valence-corrected chi connectivity index (χ3v) is 5.78. The third kappa shape index (κ3) is 3.77. The molecule has 0 aliphatic carbocycles. The molecule has 2 aromatic carbocycles. The van der Waals surface area contributed by atoms with E-state index in [1.165, 1.54) is 0 Å².